The first-order valence-corrected chi connectivity index (χ1v) is 7.90. The van der Waals surface area contributed by atoms with Crippen LogP contribution < -0.4 is 5.32 Å². The molecular weight excluding hydrogens is 236 g/mol. The monoisotopic (exact) mass is 268 g/mol. The number of hydrogen-bond donors (Lipinski definition) is 1. The molecule has 2 aliphatic heterocycles. The van der Waals surface area contributed by atoms with Crippen molar-refractivity contribution >= 4 is 0 Å². The van der Waals surface area contributed by atoms with Gasteiger partial charge in [-0.15, -0.1) is 0 Å². The zero-order chi connectivity index (χ0) is 13.9. The summed E-state index contributed by atoms with van der Waals surface area (Å²) in [4.78, 5) is 2.68. The lowest BCUT2D eigenvalue weighted by Crippen LogP contribution is -2.48. The summed E-state index contributed by atoms with van der Waals surface area (Å²) < 4.78 is 5.78. The van der Waals surface area contributed by atoms with E-state index in [1.54, 1.807) is 0 Å². The molecule has 0 aromatic carbocycles. The second kappa shape index (κ2) is 6.11. The Balaban J connectivity index is 1.92. The third-order valence-corrected chi connectivity index (χ3v) is 5.01. The van der Waals surface area contributed by atoms with Gasteiger partial charge in [0.05, 0.1) is 6.61 Å². The van der Waals surface area contributed by atoms with Gasteiger partial charge in [-0.05, 0) is 44.2 Å². The van der Waals surface area contributed by atoms with Gasteiger partial charge in [-0.1, -0.05) is 20.8 Å². The van der Waals surface area contributed by atoms with E-state index in [-0.39, 0.29) is 0 Å². The van der Waals surface area contributed by atoms with E-state index in [0.29, 0.717) is 10.8 Å². The maximum absolute atomic E-state index is 5.78. The Kier molecular flexibility index (Phi) is 4.91. The first-order valence-electron chi connectivity index (χ1n) is 7.90. The first-order chi connectivity index (χ1) is 8.95. The topological polar surface area (TPSA) is 24.5 Å². The van der Waals surface area contributed by atoms with Gasteiger partial charge >= 0.3 is 0 Å². The molecule has 2 unspecified atom stereocenters. The Morgan fingerprint density at radius 3 is 2.68 bits per heavy atom. The molecule has 0 bridgehead atoms. The number of rotatable bonds is 4. The van der Waals surface area contributed by atoms with E-state index in [4.69, 9.17) is 4.74 Å². The van der Waals surface area contributed by atoms with Crippen molar-refractivity contribution in [1.82, 2.24) is 10.2 Å². The molecule has 2 aliphatic rings. The van der Waals surface area contributed by atoms with E-state index in [2.05, 4.69) is 38.0 Å². The quantitative estimate of drug-likeness (QED) is 0.847. The molecule has 0 radical (unpaired) electrons. The summed E-state index contributed by atoms with van der Waals surface area (Å²) in [7, 11) is 2.07. The normalized spacial score (nSPS) is 33.8. The van der Waals surface area contributed by atoms with Gasteiger partial charge in [-0.25, -0.2) is 0 Å². The van der Waals surface area contributed by atoms with Gasteiger partial charge in [0.15, 0.2) is 0 Å². The van der Waals surface area contributed by atoms with Crippen molar-refractivity contribution in [3.8, 4) is 0 Å². The fourth-order valence-electron chi connectivity index (χ4n) is 3.76. The first kappa shape index (κ1) is 15.3. The van der Waals surface area contributed by atoms with Crippen LogP contribution in [0.1, 0.15) is 40.0 Å². The summed E-state index contributed by atoms with van der Waals surface area (Å²) in [5.41, 5.74) is 0.799. The number of nitrogens with zero attached hydrogens (tertiary/aromatic N) is 1. The maximum atomic E-state index is 5.78. The predicted molar refractivity (Wildman–Crippen MR) is 80.4 cm³/mol. The van der Waals surface area contributed by atoms with Gasteiger partial charge in [0, 0.05) is 31.7 Å². The van der Waals surface area contributed by atoms with Crippen LogP contribution in [0.25, 0.3) is 0 Å². The van der Waals surface area contributed by atoms with Crippen molar-refractivity contribution in [2.45, 2.75) is 40.0 Å². The summed E-state index contributed by atoms with van der Waals surface area (Å²) in [5.74, 6) is 0.851. The Morgan fingerprint density at radius 1 is 1.37 bits per heavy atom. The zero-order valence-corrected chi connectivity index (χ0v) is 13.3. The van der Waals surface area contributed by atoms with Crippen molar-refractivity contribution in [3.63, 3.8) is 0 Å². The smallest absolute Gasteiger partial charge is 0.0546 e. The van der Waals surface area contributed by atoms with Gasteiger partial charge < -0.3 is 15.0 Å². The molecule has 112 valence electrons. The van der Waals surface area contributed by atoms with E-state index < -0.39 is 0 Å². The molecule has 2 saturated heterocycles. The summed E-state index contributed by atoms with van der Waals surface area (Å²) in [6.45, 7) is 13.9. The highest BCUT2D eigenvalue weighted by Crippen LogP contribution is 2.36. The Hall–Kier alpha value is -0.120. The van der Waals surface area contributed by atoms with Gasteiger partial charge in [0.1, 0.15) is 0 Å². The molecule has 0 saturated carbocycles. The number of ether oxygens (including phenoxy) is 1. The highest BCUT2D eigenvalue weighted by atomic mass is 16.5. The molecule has 0 aromatic heterocycles. The fraction of sp³-hybridized carbons (Fsp3) is 1.00. The predicted octanol–water partition coefficient (Wildman–Crippen LogP) is 2.37. The van der Waals surface area contributed by atoms with E-state index in [1.807, 2.05) is 0 Å². The maximum Gasteiger partial charge on any atom is 0.0546 e. The standard InChI is InChI=1S/C16H32N2O/c1-15(2,3)14-6-8-18(10-14)12-16(11-17-4)7-5-9-19-13-16/h14,17H,5-13H2,1-4H3. The highest BCUT2D eigenvalue weighted by molar-refractivity contribution is 4.91. The van der Waals surface area contributed by atoms with Crippen molar-refractivity contribution in [1.29, 1.82) is 0 Å². The number of likely N-dealkylation sites (tertiary alicyclic amines) is 1. The van der Waals surface area contributed by atoms with Crippen LogP contribution in [0.3, 0.4) is 0 Å². The Labute approximate surface area is 119 Å². The zero-order valence-electron chi connectivity index (χ0n) is 13.3. The minimum Gasteiger partial charge on any atom is -0.381 e. The van der Waals surface area contributed by atoms with E-state index in [1.165, 1.54) is 38.9 Å². The molecule has 3 nitrogen and oxygen atoms in total. The molecule has 2 rings (SSSR count). The van der Waals surface area contributed by atoms with E-state index in [0.717, 1.165) is 25.7 Å². The average molecular weight is 268 g/mol. The third-order valence-electron chi connectivity index (χ3n) is 5.01. The molecule has 0 amide bonds. The second-order valence-corrected chi connectivity index (χ2v) is 7.77. The van der Waals surface area contributed by atoms with E-state index >= 15 is 0 Å². The van der Waals surface area contributed by atoms with Gasteiger partial charge in [0.2, 0.25) is 0 Å². The molecule has 3 heteroatoms. The minimum atomic E-state index is 0.347. The summed E-state index contributed by atoms with van der Waals surface area (Å²) in [6.07, 6.45) is 3.89. The molecule has 0 spiro atoms. The van der Waals surface area contributed by atoms with Crippen molar-refractivity contribution in [3.05, 3.63) is 0 Å². The lowest BCUT2D eigenvalue weighted by atomic mass is 9.80. The largest absolute Gasteiger partial charge is 0.381 e. The summed E-state index contributed by atoms with van der Waals surface area (Å²) >= 11 is 0. The van der Waals surface area contributed by atoms with Crippen LogP contribution in [0.5, 0.6) is 0 Å². The van der Waals surface area contributed by atoms with Gasteiger partial charge in [0.25, 0.3) is 0 Å². The third kappa shape index (κ3) is 3.93. The van der Waals surface area contributed by atoms with Crippen molar-refractivity contribution in [2.24, 2.45) is 16.7 Å². The van der Waals surface area contributed by atoms with Crippen LogP contribution in [-0.2, 0) is 4.74 Å². The lowest BCUT2D eigenvalue weighted by molar-refractivity contribution is -0.0232. The molecule has 2 atom stereocenters. The molecule has 2 heterocycles. The molecule has 19 heavy (non-hydrogen) atoms. The van der Waals surface area contributed by atoms with E-state index in [9.17, 15) is 0 Å². The SMILES string of the molecule is CNCC1(CN2CCC(C(C)(C)C)C2)CCCOC1. The molecule has 0 aliphatic carbocycles. The van der Waals surface area contributed by atoms with Crippen LogP contribution in [0, 0.1) is 16.7 Å². The fourth-order valence-corrected chi connectivity index (χ4v) is 3.76. The molecule has 1 N–H and O–H groups in total. The molecule has 0 aromatic rings. The summed E-state index contributed by atoms with van der Waals surface area (Å²) in [5, 5.41) is 3.39. The Morgan fingerprint density at radius 2 is 2.16 bits per heavy atom. The van der Waals surface area contributed by atoms with Crippen LogP contribution in [0.2, 0.25) is 0 Å². The highest BCUT2D eigenvalue weighted by Gasteiger charge is 2.38. The second-order valence-electron chi connectivity index (χ2n) is 7.77. The average Bonchev–Trinajstić information content (AvgIpc) is 2.78. The summed E-state index contributed by atoms with van der Waals surface area (Å²) in [6, 6.07) is 0. The molecule has 2 fully saturated rings. The minimum absolute atomic E-state index is 0.347. The van der Waals surface area contributed by atoms with Crippen LogP contribution >= 0.6 is 0 Å². The van der Waals surface area contributed by atoms with Gasteiger partial charge in [-0.3, -0.25) is 0 Å². The Bertz CT molecular complexity index is 273. The molecular formula is C16H32N2O. The van der Waals surface area contributed by atoms with Crippen LogP contribution in [0.15, 0.2) is 0 Å². The lowest BCUT2D eigenvalue weighted by Gasteiger charge is -2.40. The van der Waals surface area contributed by atoms with Crippen molar-refractivity contribution < 1.29 is 4.74 Å². The van der Waals surface area contributed by atoms with Crippen LogP contribution in [0.4, 0.5) is 0 Å². The van der Waals surface area contributed by atoms with Crippen molar-refractivity contribution in [2.75, 3.05) is 46.4 Å². The number of hydrogen-bond acceptors (Lipinski definition) is 3. The van der Waals surface area contributed by atoms with Crippen LogP contribution in [-0.4, -0.2) is 51.3 Å². The van der Waals surface area contributed by atoms with Gasteiger partial charge in [-0.2, -0.15) is 0 Å². The number of nitrogens with one attached hydrogen (secondary N) is 1.